The lowest BCUT2D eigenvalue weighted by molar-refractivity contribution is -0.173. The van der Waals surface area contributed by atoms with E-state index in [9.17, 15) is 22.8 Å². The minimum absolute atomic E-state index is 0.233. The zero-order valence-electron chi connectivity index (χ0n) is 12.7. The first-order valence-electron chi connectivity index (χ1n) is 7.42. The fourth-order valence-electron chi connectivity index (χ4n) is 1.72. The highest BCUT2D eigenvalue weighted by Crippen LogP contribution is 2.14. The van der Waals surface area contributed by atoms with E-state index in [2.05, 4.69) is 6.92 Å². The largest absolute Gasteiger partial charge is 0.471 e. The molecular formula is C14H24F3NO4. The van der Waals surface area contributed by atoms with Gasteiger partial charge in [-0.2, -0.15) is 13.2 Å². The Balaban J connectivity index is 3.87. The van der Waals surface area contributed by atoms with Crippen molar-refractivity contribution in [3.63, 3.8) is 0 Å². The van der Waals surface area contributed by atoms with Crippen molar-refractivity contribution < 1.29 is 32.6 Å². The van der Waals surface area contributed by atoms with Crippen LogP contribution in [0.4, 0.5) is 13.2 Å². The Hall–Kier alpha value is -1.31. The van der Waals surface area contributed by atoms with E-state index in [4.69, 9.17) is 9.84 Å². The predicted octanol–water partition coefficient (Wildman–Crippen LogP) is 2.18. The summed E-state index contributed by atoms with van der Waals surface area (Å²) in [5, 5.41) is 10.7. The summed E-state index contributed by atoms with van der Waals surface area (Å²) in [4.78, 5) is 22.1. The van der Waals surface area contributed by atoms with Crippen LogP contribution >= 0.6 is 0 Å². The number of aliphatic hydroxyl groups is 1. The molecule has 0 spiro atoms. The first-order valence-corrected chi connectivity index (χ1v) is 7.42. The van der Waals surface area contributed by atoms with Gasteiger partial charge in [0.25, 0.3) is 0 Å². The first kappa shape index (κ1) is 20.7. The van der Waals surface area contributed by atoms with Crippen LogP contribution in [0.15, 0.2) is 0 Å². The van der Waals surface area contributed by atoms with Crippen LogP contribution in [-0.2, 0) is 14.3 Å². The van der Waals surface area contributed by atoms with Crippen LogP contribution in [0.1, 0.15) is 45.4 Å². The average Bonchev–Trinajstić information content (AvgIpc) is 2.45. The maximum Gasteiger partial charge on any atom is 0.471 e. The number of carbonyl (C=O) groups excluding carboxylic acids is 2. The van der Waals surface area contributed by atoms with Gasteiger partial charge in [0.15, 0.2) is 0 Å². The van der Waals surface area contributed by atoms with E-state index in [0.29, 0.717) is 0 Å². The molecule has 0 aliphatic carbocycles. The summed E-state index contributed by atoms with van der Waals surface area (Å²) in [5.41, 5.74) is 0. The second kappa shape index (κ2) is 11.3. The van der Waals surface area contributed by atoms with Crippen molar-refractivity contribution in [2.24, 2.45) is 5.92 Å². The Labute approximate surface area is 128 Å². The number of nitrogens with one attached hydrogen (secondary N) is 1. The third-order valence-electron chi connectivity index (χ3n) is 3.03. The summed E-state index contributed by atoms with van der Waals surface area (Å²) in [6, 6.07) is 0. The fourth-order valence-corrected chi connectivity index (χ4v) is 1.72. The van der Waals surface area contributed by atoms with Gasteiger partial charge in [0.1, 0.15) is 0 Å². The van der Waals surface area contributed by atoms with Gasteiger partial charge in [0.2, 0.25) is 0 Å². The number of halogens is 3. The molecule has 0 saturated heterocycles. The van der Waals surface area contributed by atoms with Gasteiger partial charge >= 0.3 is 18.1 Å². The molecule has 130 valence electrons. The van der Waals surface area contributed by atoms with E-state index >= 15 is 0 Å². The lowest BCUT2D eigenvalue weighted by atomic mass is 10.1. The molecule has 1 atom stereocenters. The molecule has 5 nitrogen and oxygen atoms in total. The Morgan fingerprint density at radius 2 is 1.82 bits per heavy atom. The van der Waals surface area contributed by atoms with E-state index in [1.165, 1.54) is 0 Å². The normalized spacial score (nSPS) is 12.8. The van der Waals surface area contributed by atoms with Crippen LogP contribution in [0.25, 0.3) is 0 Å². The summed E-state index contributed by atoms with van der Waals surface area (Å²) in [7, 11) is 0. The average molecular weight is 327 g/mol. The highest BCUT2D eigenvalue weighted by molar-refractivity contribution is 5.81. The molecule has 0 aliphatic heterocycles. The van der Waals surface area contributed by atoms with Gasteiger partial charge in [0, 0.05) is 19.1 Å². The molecule has 0 radical (unpaired) electrons. The predicted molar refractivity (Wildman–Crippen MR) is 74.0 cm³/mol. The van der Waals surface area contributed by atoms with Crippen LogP contribution in [0.2, 0.25) is 0 Å². The standard InChI is InChI=1S/C14H24F3NO4/c1-2-3-4-5-6-7-22-12(20)8-11(10-19)9-18-13(21)14(15,16)17/h11,19H,2-10H2,1H3,(H,18,21). The molecule has 0 aromatic heterocycles. The van der Waals surface area contributed by atoms with Gasteiger partial charge in [-0.1, -0.05) is 32.6 Å². The van der Waals surface area contributed by atoms with E-state index in [1.807, 2.05) is 0 Å². The molecule has 0 aliphatic rings. The van der Waals surface area contributed by atoms with Crippen LogP contribution in [-0.4, -0.2) is 42.9 Å². The van der Waals surface area contributed by atoms with Crippen LogP contribution in [0.3, 0.4) is 0 Å². The quantitative estimate of drug-likeness (QED) is 0.450. The number of amides is 1. The van der Waals surface area contributed by atoms with Gasteiger partial charge in [-0.05, 0) is 6.42 Å². The molecular weight excluding hydrogens is 303 g/mol. The smallest absolute Gasteiger partial charge is 0.466 e. The van der Waals surface area contributed by atoms with Crippen LogP contribution < -0.4 is 5.32 Å². The number of alkyl halides is 3. The third kappa shape index (κ3) is 10.4. The Morgan fingerprint density at radius 1 is 1.18 bits per heavy atom. The Kier molecular flexibility index (Phi) is 10.6. The zero-order chi connectivity index (χ0) is 17.0. The number of rotatable bonds is 11. The highest BCUT2D eigenvalue weighted by Gasteiger charge is 2.38. The minimum atomic E-state index is -4.97. The summed E-state index contributed by atoms with van der Waals surface area (Å²) in [6.45, 7) is 1.41. The van der Waals surface area contributed by atoms with Crippen molar-refractivity contribution >= 4 is 11.9 Å². The van der Waals surface area contributed by atoms with Crippen LogP contribution in [0.5, 0.6) is 0 Å². The number of carbonyl (C=O) groups is 2. The summed E-state index contributed by atoms with van der Waals surface area (Å²) in [6.07, 6.45) is -0.215. The minimum Gasteiger partial charge on any atom is -0.466 e. The Bertz CT molecular complexity index is 335. The lowest BCUT2D eigenvalue weighted by Gasteiger charge is -2.15. The SMILES string of the molecule is CCCCCCCOC(=O)CC(CO)CNC(=O)C(F)(F)F. The van der Waals surface area contributed by atoms with Crippen molar-refractivity contribution in [3.05, 3.63) is 0 Å². The highest BCUT2D eigenvalue weighted by atomic mass is 19.4. The van der Waals surface area contributed by atoms with Crippen molar-refractivity contribution in [1.29, 1.82) is 0 Å². The number of hydrogen-bond donors (Lipinski definition) is 2. The second-order valence-electron chi connectivity index (χ2n) is 5.10. The van der Waals surface area contributed by atoms with Gasteiger partial charge in [-0.15, -0.1) is 0 Å². The van der Waals surface area contributed by atoms with Gasteiger partial charge in [-0.3, -0.25) is 9.59 Å². The molecule has 0 aromatic rings. The molecule has 0 saturated carbocycles. The molecule has 0 aromatic carbocycles. The maximum atomic E-state index is 12.0. The number of ether oxygens (including phenoxy) is 1. The molecule has 0 fully saturated rings. The molecule has 22 heavy (non-hydrogen) atoms. The topological polar surface area (TPSA) is 75.6 Å². The van der Waals surface area contributed by atoms with E-state index in [0.717, 1.165) is 32.1 Å². The summed E-state index contributed by atoms with van der Waals surface area (Å²) >= 11 is 0. The van der Waals surface area contributed by atoms with Crippen molar-refractivity contribution in [1.82, 2.24) is 5.32 Å². The molecule has 8 heteroatoms. The monoisotopic (exact) mass is 327 g/mol. The van der Waals surface area contributed by atoms with Crippen molar-refractivity contribution in [3.8, 4) is 0 Å². The molecule has 0 bridgehead atoms. The Morgan fingerprint density at radius 3 is 2.36 bits per heavy atom. The molecule has 0 heterocycles. The number of unbranched alkanes of at least 4 members (excludes halogenated alkanes) is 4. The first-order chi connectivity index (χ1) is 10.3. The van der Waals surface area contributed by atoms with Gasteiger partial charge in [0.05, 0.1) is 13.0 Å². The van der Waals surface area contributed by atoms with E-state index in [1.54, 1.807) is 5.32 Å². The van der Waals surface area contributed by atoms with Crippen LogP contribution in [0, 0.1) is 5.92 Å². The number of esters is 1. The summed E-state index contributed by atoms with van der Waals surface area (Å²) < 4.78 is 40.9. The maximum absolute atomic E-state index is 12.0. The summed E-state index contributed by atoms with van der Waals surface area (Å²) in [5.74, 6) is -3.47. The lowest BCUT2D eigenvalue weighted by Crippen LogP contribution is -2.40. The zero-order valence-corrected chi connectivity index (χ0v) is 12.7. The van der Waals surface area contributed by atoms with E-state index in [-0.39, 0.29) is 13.0 Å². The fraction of sp³-hybridized carbons (Fsp3) is 0.857. The third-order valence-corrected chi connectivity index (χ3v) is 3.03. The second-order valence-corrected chi connectivity index (χ2v) is 5.10. The van der Waals surface area contributed by atoms with E-state index < -0.39 is 37.1 Å². The molecule has 1 unspecified atom stereocenters. The molecule has 1 amide bonds. The van der Waals surface area contributed by atoms with Crippen molar-refractivity contribution in [2.45, 2.75) is 51.6 Å². The molecule has 2 N–H and O–H groups in total. The number of hydrogen-bond acceptors (Lipinski definition) is 4. The van der Waals surface area contributed by atoms with Crippen molar-refractivity contribution in [2.75, 3.05) is 19.8 Å². The number of aliphatic hydroxyl groups excluding tert-OH is 1. The van der Waals surface area contributed by atoms with Gasteiger partial charge < -0.3 is 15.2 Å². The molecule has 0 rings (SSSR count). The van der Waals surface area contributed by atoms with Gasteiger partial charge in [-0.25, -0.2) is 0 Å².